The van der Waals surface area contributed by atoms with Crippen molar-refractivity contribution < 1.29 is 22.4 Å². The third kappa shape index (κ3) is 5.12. The van der Waals surface area contributed by atoms with Crippen LogP contribution in [0.3, 0.4) is 0 Å². The first-order valence-corrected chi connectivity index (χ1v) is 10.4. The van der Waals surface area contributed by atoms with Crippen molar-refractivity contribution in [2.24, 2.45) is 0 Å². The fourth-order valence-electron chi connectivity index (χ4n) is 4.12. The highest BCUT2D eigenvalue weighted by Crippen LogP contribution is 2.44. The van der Waals surface area contributed by atoms with Gasteiger partial charge in [0, 0.05) is 26.2 Å². The third-order valence-corrected chi connectivity index (χ3v) is 5.59. The monoisotopic (exact) mass is 449 g/mol. The summed E-state index contributed by atoms with van der Waals surface area (Å²) in [7, 11) is 3.26. The summed E-state index contributed by atoms with van der Waals surface area (Å²) >= 11 is 0. The first-order chi connectivity index (χ1) is 15.2. The van der Waals surface area contributed by atoms with E-state index in [1.165, 1.54) is 4.90 Å². The second kappa shape index (κ2) is 10.2. The van der Waals surface area contributed by atoms with Crippen LogP contribution in [0.2, 0.25) is 0 Å². The molecule has 8 heteroatoms. The summed E-state index contributed by atoms with van der Waals surface area (Å²) < 4.78 is 53.4. The zero-order valence-electron chi connectivity index (χ0n) is 18.1. The summed E-state index contributed by atoms with van der Waals surface area (Å²) in [5.74, 6) is -1.14. The number of rotatable bonds is 8. The molecule has 0 aliphatic carbocycles. The second-order valence-electron chi connectivity index (χ2n) is 8.05. The lowest BCUT2D eigenvalue weighted by atomic mass is 9.84. The van der Waals surface area contributed by atoms with Gasteiger partial charge in [0.25, 0.3) is 6.43 Å². The van der Waals surface area contributed by atoms with Gasteiger partial charge in [-0.1, -0.05) is 30.3 Å². The Bertz CT molecular complexity index is 965. The van der Waals surface area contributed by atoms with E-state index in [4.69, 9.17) is 0 Å². The van der Waals surface area contributed by atoms with Crippen molar-refractivity contribution in [2.75, 3.05) is 33.7 Å². The molecule has 1 heterocycles. The molecule has 1 N–H and O–H groups in total. The van der Waals surface area contributed by atoms with Crippen molar-refractivity contribution >= 4 is 11.6 Å². The Morgan fingerprint density at radius 3 is 2.53 bits per heavy atom. The molecule has 4 nitrogen and oxygen atoms in total. The SMILES string of the molecule is CN(C)C(=O)N1CC(c2cc(F)ccc2F)=C[C@@]1(CCCNCC(F)F)c1ccccc1. The molecule has 0 spiro atoms. The molecule has 32 heavy (non-hydrogen) atoms. The Balaban J connectivity index is 2.04. The number of alkyl halides is 2. The van der Waals surface area contributed by atoms with Crippen LogP contribution >= 0.6 is 0 Å². The van der Waals surface area contributed by atoms with Gasteiger partial charge < -0.3 is 15.1 Å². The lowest BCUT2D eigenvalue weighted by Gasteiger charge is -2.40. The number of urea groups is 1. The largest absolute Gasteiger partial charge is 0.331 e. The average Bonchev–Trinajstić information content (AvgIpc) is 3.15. The van der Waals surface area contributed by atoms with Gasteiger partial charge in [-0.15, -0.1) is 0 Å². The molecule has 1 aliphatic rings. The molecule has 3 rings (SSSR count). The Labute approximate surface area is 185 Å². The highest BCUT2D eigenvalue weighted by Gasteiger charge is 2.45. The van der Waals surface area contributed by atoms with E-state index in [0.717, 1.165) is 23.8 Å². The maximum Gasteiger partial charge on any atom is 0.320 e. The van der Waals surface area contributed by atoms with E-state index in [9.17, 15) is 22.4 Å². The van der Waals surface area contributed by atoms with Crippen LogP contribution in [0.1, 0.15) is 24.0 Å². The van der Waals surface area contributed by atoms with E-state index in [2.05, 4.69) is 5.32 Å². The van der Waals surface area contributed by atoms with Crippen molar-refractivity contribution in [2.45, 2.75) is 24.8 Å². The van der Waals surface area contributed by atoms with Crippen LogP contribution in [0.5, 0.6) is 0 Å². The number of nitrogens with one attached hydrogen (secondary N) is 1. The van der Waals surface area contributed by atoms with Gasteiger partial charge >= 0.3 is 6.03 Å². The number of benzene rings is 2. The maximum atomic E-state index is 14.6. The smallest absolute Gasteiger partial charge is 0.320 e. The van der Waals surface area contributed by atoms with Crippen LogP contribution in [0.25, 0.3) is 5.57 Å². The van der Waals surface area contributed by atoms with E-state index < -0.39 is 30.1 Å². The predicted molar refractivity (Wildman–Crippen MR) is 116 cm³/mol. The minimum Gasteiger partial charge on any atom is -0.331 e. The number of carbonyl (C=O) groups excluding carboxylic acids is 1. The van der Waals surface area contributed by atoms with Gasteiger partial charge in [-0.25, -0.2) is 22.4 Å². The van der Waals surface area contributed by atoms with E-state index >= 15 is 0 Å². The van der Waals surface area contributed by atoms with Crippen molar-refractivity contribution in [3.8, 4) is 0 Å². The molecule has 2 amide bonds. The number of nitrogens with zero attached hydrogens (tertiary/aromatic N) is 2. The molecule has 0 fully saturated rings. The third-order valence-electron chi connectivity index (χ3n) is 5.59. The standard InChI is InChI=1S/C24H27F4N3O/c1-30(2)23(32)31-16-17(20-13-19(25)9-10-21(20)26)14-24(31,18-7-4-3-5-8-18)11-6-12-29-15-22(27)28/h3-5,7-10,13-14,22,29H,6,11-12,15-16H2,1-2H3/t24-/m0/s1. The summed E-state index contributed by atoms with van der Waals surface area (Å²) in [5.41, 5.74) is 0.496. The normalized spacial score (nSPS) is 18.2. The molecule has 0 saturated heterocycles. The van der Waals surface area contributed by atoms with Crippen LogP contribution in [-0.4, -0.2) is 56.0 Å². The van der Waals surface area contributed by atoms with Gasteiger partial charge in [0.05, 0.1) is 12.1 Å². The fraction of sp³-hybridized carbons (Fsp3) is 0.375. The van der Waals surface area contributed by atoms with Crippen LogP contribution in [-0.2, 0) is 5.54 Å². The second-order valence-corrected chi connectivity index (χ2v) is 8.05. The van der Waals surface area contributed by atoms with Gasteiger partial charge in [0.2, 0.25) is 0 Å². The number of halogens is 4. The van der Waals surface area contributed by atoms with Gasteiger partial charge in [0.15, 0.2) is 0 Å². The molecule has 0 radical (unpaired) electrons. The number of carbonyl (C=O) groups is 1. The molecule has 0 unspecified atom stereocenters. The zero-order chi connectivity index (χ0) is 23.3. The highest BCUT2D eigenvalue weighted by molar-refractivity contribution is 5.83. The Morgan fingerprint density at radius 2 is 1.88 bits per heavy atom. The molecule has 0 saturated carbocycles. The highest BCUT2D eigenvalue weighted by atomic mass is 19.3. The summed E-state index contributed by atoms with van der Waals surface area (Å²) in [6.45, 7) is 0.0193. The van der Waals surface area contributed by atoms with Gasteiger partial charge in [-0.3, -0.25) is 0 Å². The van der Waals surface area contributed by atoms with Gasteiger partial charge in [-0.2, -0.15) is 0 Å². The molecule has 1 atom stereocenters. The maximum absolute atomic E-state index is 14.6. The lowest BCUT2D eigenvalue weighted by molar-refractivity contribution is 0.128. The molecule has 2 aromatic rings. The predicted octanol–water partition coefficient (Wildman–Crippen LogP) is 4.88. The van der Waals surface area contributed by atoms with Crippen molar-refractivity contribution in [1.82, 2.24) is 15.1 Å². The summed E-state index contributed by atoms with van der Waals surface area (Å²) in [6.07, 6.45) is 0.287. The summed E-state index contributed by atoms with van der Waals surface area (Å²) in [5, 5.41) is 2.71. The quantitative estimate of drug-likeness (QED) is 0.461. The summed E-state index contributed by atoms with van der Waals surface area (Å²) in [6, 6.07) is 12.3. The Kier molecular flexibility index (Phi) is 7.56. The fourth-order valence-corrected chi connectivity index (χ4v) is 4.12. The molecule has 2 aromatic carbocycles. The molecular formula is C24H27F4N3O. The van der Waals surface area contributed by atoms with E-state index in [0.29, 0.717) is 25.0 Å². The van der Waals surface area contributed by atoms with Crippen LogP contribution in [0, 0.1) is 11.6 Å². The Morgan fingerprint density at radius 1 is 1.16 bits per heavy atom. The first kappa shape index (κ1) is 23.8. The minimum absolute atomic E-state index is 0.0940. The summed E-state index contributed by atoms with van der Waals surface area (Å²) in [4.78, 5) is 16.2. The Hall–Kier alpha value is -2.87. The van der Waals surface area contributed by atoms with Crippen molar-refractivity contribution in [3.05, 3.63) is 77.4 Å². The molecule has 0 aromatic heterocycles. The van der Waals surface area contributed by atoms with Crippen molar-refractivity contribution in [3.63, 3.8) is 0 Å². The molecule has 1 aliphatic heterocycles. The number of amides is 2. The van der Waals surface area contributed by atoms with Gasteiger partial charge in [-0.05, 0) is 54.8 Å². The van der Waals surface area contributed by atoms with Crippen LogP contribution in [0.15, 0.2) is 54.6 Å². The van der Waals surface area contributed by atoms with E-state index in [-0.39, 0.29) is 18.1 Å². The topological polar surface area (TPSA) is 35.6 Å². The molecule has 0 bridgehead atoms. The molecule has 172 valence electrons. The van der Waals surface area contributed by atoms with E-state index in [1.54, 1.807) is 19.0 Å². The average molecular weight is 449 g/mol. The lowest BCUT2D eigenvalue weighted by Crippen LogP contribution is -2.49. The minimum atomic E-state index is -2.45. The van der Waals surface area contributed by atoms with Crippen molar-refractivity contribution in [1.29, 1.82) is 0 Å². The van der Waals surface area contributed by atoms with Gasteiger partial charge in [0.1, 0.15) is 11.6 Å². The number of hydrogen-bond donors (Lipinski definition) is 1. The zero-order valence-corrected chi connectivity index (χ0v) is 18.1. The molecular weight excluding hydrogens is 422 g/mol. The number of hydrogen-bond acceptors (Lipinski definition) is 2. The van der Waals surface area contributed by atoms with Crippen LogP contribution in [0.4, 0.5) is 22.4 Å². The van der Waals surface area contributed by atoms with E-state index in [1.807, 2.05) is 36.4 Å². The van der Waals surface area contributed by atoms with Crippen LogP contribution < -0.4 is 5.32 Å². The first-order valence-electron chi connectivity index (χ1n) is 10.4.